The Labute approximate surface area is 260 Å². The molecule has 2 heterocycles. The number of hydrogen-bond acceptors (Lipinski definition) is 7. The molecule has 10 heteroatoms. The highest BCUT2D eigenvalue weighted by molar-refractivity contribution is 6.04. The Hall–Kier alpha value is -3.47. The molecule has 1 saturated heterocycles. The van der Waals surface area contributed by atoms with Crippen LogP contribution in [0.25, 0.3) is 0 Å². The Morgan fingerprint density at radius 3 is 2.55 bits per heavy atom. The molecule has 0 radical (unpaired) electrons. The van der Waals surface area contributed by atoms with E-state index in [-0.39, 0.29) is 41.6 Å². The molecule has 44 heavy (non-hydrogen) atoms. The molecule has 10 nitrogen and oxygen atoms in total. The highest BCUT2D eigenvalue weighted by Gasteiger charge is 2.43. The fourth-order valence-electron chi connectivity index (χ4n) is 6.24. The minimum atomic E-state index is -0.986. The lowest BCUT2D eigenvalue weighted by Crippen LogP contribution is -2.53. The van der Waals surface area contributed by atoms with Crippen LogP contribution in [-0.4, -0.2) is 82.5 Å². The molecule has 3 amide bonds. The zero-order valence-corrected chi connectivity index (χ0v) is 26.3. The molecule has 3 aliphatic rings. The van der Waals surface area contributed by atoms with Crippen LogP contribution in [0.4, 0.5) is 11.4 Å². The van der Waals surface area contributed by atoms with Crippen molar-refractivity contribution in [1.82, 2.24) is 10.6 Å². The summed E-state index contributed by atoms with van der Waals surface area (Å²) < 4.78 is 16.7. The summed E-state index contributed by atoms with van der Waals surface area (Å²) in [6.07, 6.45) is 3.66. The highest BCUT2D eigenvalue weighted by atomic mass is 16.5. The second-order valence-corrected chi connectivity index (χ2v) is 12.6. The number of piperidine rings is 1. The second-order valence-electron chi connectivity index (χ2n) is 12.6. The Morgan fingerprint density at radius 2 is 1.84 bits per heavy atom. The molecule has 2 N–H and O–H groups in total. The number of nitrogens with one attached hydrogen (secondary N) is 2. The number of anilines is 2. The van der Waals surface area contributed by atoms with E-state index in [1.165, 1.54) is 0 Å². The van der Waals surface area contributed by atoms with E-state index in [0.29, 0.717) is 63.5 Å². The molecule has 2 fully saturated rings. The van der Waals surface area contributed by atoms with Gasteiger partial charge in [-0.3, -0.25) is 14.4 Å². The first-order chi connectivity index (χ1) is 21.2. The van der Waals surface area contributed by atoms with Crippen molar-refractivity contribution >= 4 is 29.1 Å². The summed E-state index contributed by atoms with van der Waals surface area (Å²) in [6.45, 7) is 6.02. The van der Waals surface area contributed by atoms with Crippen molar-refractivity contribution in [3.8, 4) is 5.75 Å². The van der Waals surface area contributed by atoms with E-state index in [9.17, 15) is 14.4 Å². The van der Waals surface area contributed by atoms with Crippen molar-refractivity contribution in [1.29, 1.82) is 0 Å². The van der Waals surface area contributed by atoms with Gasteiger partial charge >= 0.3 is 0 Å². The molecule has 0 aromatic heterocycles. The van der Waals surface area contributed by atoms with Gasteiger partial charge in [0.2, 0.25) is 11.8 Å². The zero-order valence-electron chi connectivity index (χ0n) is 26.3. The Balaban J connectivity index is 1.30. The maximum absolute atomic E-state index is 14.1. The number of rotatable bonds is 13. The summed E-state index contributed by atoms with van der Waals surface area (Å²) in [6, 6.07) is 15.7. The number of benzene rings is 2. The lowest BCUT2D eigenvalue weighted by Gasteiger charge is -2.40. The maximum Gasteiger partial charge on any atom is 0.270 e. The van der Waals surface area contributed by atoms with Crippen molar-refractivity contribution in [3.05, 3.63) is 54.1 Å². The van der Waals surface area contributed by atoms with Crippen LogP contribution >= 0.6 is 0 Å². The Morgan fingerprint density at radius 1 is 1.09 bits per heavy atom. The van der Waals surface area contributed by atoms with Gasteiger partial charge in [-0.1, -0.05) is 30.3 Å². The minimum Gasteiger partial charge on any atom is -0.476 e. The number of hydrogen-bond donors (Lipinski definition) is 2. The van der Waals surface area contributed by atoms with Crippen molar-refractivity contribution in [2.24, 2.45) is 11.8 Å². The molecule has 238 valence electrons. The first kappa shape index (κ1) is 31.9. The summed E-state index contributed by atoms with van der Waals surface area (Å²) >= 11 is 0. The second kappa shape index (κ2) is 14.1. The van der Waals surface area contributed by atoms with Gasteiger partial charge < -0.3 is 34.6 Å². The third-order valence-corrected chi connectivity index (χ3v) is 8.63. The van der Waals surface area contributed by atoms with Gasteiger partial charge in [-0.2, -0.15) is 0 Å². The molecule has 0 bridgehead atoms. The normalized spacial score (nSPS) is 21.6. The van der Waals surface area contributed by atoms with Gasteiger partial charge in [0.05, 0.1) is 30.2 Å². The van der Waals surface area contributed by atoms with Crippen LogP contribution in [0.2, 0.25) is 0 Å². The van der Waals surface area contributed by atoms with Gasteiger partial charge in [-0.05, 0) is 69.7 Å². The van der Waals surface area contributed by atoms with Crippen LogP contribution in [0, 0.1) is 11.8 Å². The van der Waals surface area contributed by atoms with Gasteiger partial charge in [0.25, 0.3) is 5.91 Å². The number of nitrogens with zero attached hydrogens (tertiary/aromatic N) is 2. The molecule has 2 aromatic carbocycles. The summed E-state index contributed by atoms with van der Waals surface area (Å²) in [5.41, 5.74) is 1.56. The molecule has 5 rings (SSSR count). The first-order valence-electron chi connectivity index (χ1n) is 15.7. The van der Waals surface area contributed by atoms with E-state index in [0.717, 1.165) is 24.1 Å². The maximum atomic E-state index is 14.1. The van der Waals surface area contributed by atoms with Crippen molar-refractivity contribution < 1.29 is 28.6 Å². The van der Waals surface area contributed by atoms with Crippen LogP contribution in [-0.2, 0) is 30.3 Å². The summed E-state index contributed by atoms with van der Waals surface area (Å²) in [4.78, 5) is 44.6. The van der Waals surface area contributed by atoms with E-state index < -0.39 is 5.60 Å². The van der Waals surface area contributed by atoms with Gasteiger partial charge in [-0.25, -0.2) is 0 Å². The lowest BCUT2D eigenvalue weighted by atomic mass is 9.88. The molecule has 2 aromatic rings. The molecule has 3 atom stereocenters. The van der Waals surface area contributed by atoms with Gasteiger partial charge in [0.1, 0.15) is 5.75 Å². The zero-order chi connectivity index (χ0) is 31.3. The number of carbonyl (C=O) groups excluding carboxylic acids is 3. The minimum absolute atomic E-state index is 0.00416. The number of ether oxygens (including phenoxy) is 3. The van der Waals surface area contributed by atoms with Crippen molar-refractivity contribution in [3.63, 3.8) is 0 Å². The van der Waals surface area contributed by atoms with E-state index in [1.54, 1.807) is 33.0 Å². The SMILES string of the molecule is COCCCN1C(=O)C(C)(C)Oc2ccc(N(C(=O)[C@H]3CNC[C@@H](C(=O)N[C@@H](COC)Cc4ccccc4)C3)C3CC3)cc21. The monoisotopic (exact) mass is 606 g/mol. The number of methoxy groups -OCH3 is 2. The molecular formula is C34H46N4O6. The quantitative estimate of drug-likeness (QED) is 0.337. The van der Waals surface area contributed by atoms with Crippen LogP contribution in [0.3, 0.4) is 0 Å². The predicted octanol–water partition coefficient (Wildman–Crippen LogP) is 3.32. The third kappa shape index (κ3) is 7.42. The molecule has 2 aliphatic heterocycles. The van der Waals surface area contributed by atoms with E-state index in [2.05, 4.69) is 10.6 Å². The standard InChI is InChI=1S/C34H46N4O6/c1-34(2)33(41)37(15-8-16-42-3)29-19-28(13-14-30(29)44-34)38(27-11-12-27)32(40)25-18-24(20-35-21-25)31(39)36-26(22-43-4)17-23-9-6-5-7-10-23/h5-7,9-10,13-14,19,24-27,35H,8,11-12,15-18,20-22H2,1-4H3,(H,36,39)/t24-,25+,26+/m0/s1. The average molecular weight is 607 g/mol. The highest BCUT2D eigenvalue weighted by Crippen LogP contribution is 2.43. The topological polar surface area (TPSA) is 109 Å². The summed E-state index contributed by atoms with van der Waals surface area (Å²) in [5.74, 6) is -0.236. The fraction of sp³-hybridized carbons (Fsp3) is 0.559. The van der Waals surface area contributed by atoms with Crippen molar-refractivity contribution in [2.45, 2.75) is 63.6 Å². The number of fused-ring (bicyclic) bond motifs is 1. The molecule has 0 spiro atoms. The van der Waals surface area contributed by atoms with Gasteiger partial charge in [0, 0.05) is 52.2 Å². The number of carbonyl (C=O) groups is 3. The summed E-state index contributed by atoms with van der Waals surface area (Å²) in [5, 5.41) is 6.52. The smallest absolute Gasteiger partial charge is 0.270 e. The van der Waals surface area contributed by atoms with Gasteiger partial charge in [0.15, 0.2) is 5.60 Å². The third-order valence-electron chi connectivity index (χ3n) is 8.63. The average Bonchev–Trinajstić information content (AvgIpc) is 3.85. The fourth-order valence-corrected chi connectivity index (χ4v) is 6.24. The molecule has 1 aliphatic carbocycles. The van der Waals surface area contributed by atoms with Crippen LogP contribution in [0.1, 0.15) is 45.1 Å². The molecule has 1 saturated carbocycles. The van der Waals surface area contributed by atoms with Crippen LogP contribution < -0.4 is 25.2 Å². The first-order valence-corrected chi connectivity index (χ1v) is 15.7. The Bertz CT molecular complexity index is 1310. The van der Waals surface area contributed by atoms with E-state index in [1.807, 2.05) is 53.4 Å². The van der Waals surface area contributed by atoms with Crippen LogP contribution in [0.5, 0.6) is 5.75 Å². The van der Waals surface area contributed by atoms with Crippen molar-refractivity contribution in [2.75, 3.05) is 56.9 Å². The molecule has 0 unspecified atom stereocenters. The summed E-state index contributed by atoms with van der Waals surface area (Å²) in [7, 11) is 3.28. The lowest BCUT2D eigenvalue weighted by molar-refractivity contribution is -0.132. The van der Waals surface area contributed by atoms with Crippen LogP contribution in [0.15, 0.2) is 48.5 Å². The predicted molar refractivity (Wildman–Crippen MR) is 169 cm³/mol. The largest absolute Gasteiger partial charge is 0.476 e. The number of amides is 3. The Kier molecular flexibility index (Phi) is 10.2. The van der Waals surface area contributed by atoms with E-state index in [4.69, 9.17) is 14.2 Å². The van der Waals surface area contributed by atoms with Gasteiger partial charge in [-0.15, -0.1) is 0 Å². The molecular weight excluding hydrogens is 560 g/mol. The van der Waals surface area contributed by atoms with E-state index >= 15 is 0 Å².